The highest BCUT2D eigenvalue weighted by molar-refractivity contribution is 6.06. The fraction of sp³-hybridized carbons (Fsp3) is 0.281. The average Bonchev–Trinajstić information content (AvgIpc) is 3.57. The summed E-state index contributed by atoms with van der Waals surface area (Å²) < 4.78 is 90.9. The van der Waals surface area contributed by atoms with Gasteiger partial charge >= 0.3 is 18.4 Å². The number of nitrogens with zero attached hydrogens (tertiary/aromatic N) is 3. The molecule has 2 heterocycles. The maximum atomic E-state index is 14.2. The van der Waals surface area contributed by atoms with Gasteiger partial charge in [-0.25, -0.2) is 9.48 Å². The Labute approximate surface area is 259 Å². The van der Waals surface area contributed by atoms with Gasteiger partial charge in [0.2, 0.25) is 0 Å². The number of alkyl halides is 5. The lowest BCUT2D eigenvalue weighted by Gasteiger charge is -2.26. The molecule has 240 valence electrons. The lowest BCUT2D eigenvalue weighted by atomic mass is 9.92. The quantitative estimate of drug-likeness (QED) is 0.156. The molecule has 0 saturated heterocycles. The van der Waals surface area contributed by atoms with Gasteiger partial charge in [0, 0.05) is 29.9 Å². The van der Waals surface area contributed by atoms with E-state index in [4.69, 9.17) is 9.47 Å². The lowest BCUT2D eigenvalue weighted by Crippen LogP contribution is -2.26. The predicted molar refractivity (Wildman–Crippen MR) is 153 cm³/mol. The van der Waals surface area contributed by atoms with Crippen LogP contribution in [0.4, 0.5) is 27.6 Å². The Bertz CT molecular complexity index is 1820. The predicted octanol–water partition coefficient (Wildman–Crippen LogP) is 7.12. The van der Waals surface area contributed by atoms with Gasteiger partial charge < -0.3 is 23.8 Å². The standard InChI is InChI=1S/C32H26F5N3O6/c1-3-43-30(42)19-8-5-10-22(16-19)44-25-12-6-11-23-27(25)40(38-28(23)31(33,34)35)21-9-4-7-18(15-21)29(41)39(2)20-13-14-24-26(17-20)46-32(36,37)45-24/h4-5,7-10,13-17,25H,3,6,11-12H2,1-2H3. The summed E-state index contributed by atoms with van der Waals surface area (Å²) in [6.45, 7) is 1.84. The second-order valence-electron chi connectivity index (χ2n) is 10.6. The number of hydrogen-bond donors (Lipinski definition) is 0. The maximum Gasteiger partial charge on any atom is 0.586 e. The van der Waals surface area contributed by atoms with Gasteiger partial charge in [-0.3, -0.25) is 4.79 Å². The first-order valence-corrected chi connectivity index (χ1v) is 14.3. The van der Waals surface area contributed by atoms with E-state index in [9.17, 15) is 31.5 Å². The Balaban J connectivity index is 1.34. The number of aromatic nitrogens is 2. The summed E-state index contributed by atoms with van der Waals surface area (Å²) in [6, 6.07) is 15.9. The van der Waals surface area contributed by atoms with E-state index in [2.05, 4.69) is 14.6 Å². The Morgan fingerprint density at radius 2 is 1.76 bits per heavy atom. The average molecular weight is 644 g/mol. The zero-order valence-electron chi connectivity index (χ0n) is 24.4. The summed E-state index contributed by atoms with van der Waals surface area (Å²) in [4.78, 5) is 26.9. The molecule has 0 N–H and O–H groups in total. The first-order valence-electron chi connectivity index (χ1n) is 14.3. The normalized spacial score (nSPS) is 16.5. The molecule has 4 aromatic rings. The number of halogens is 5. The van der Waals surface area contributed by atoms with Crippen LogP contribution in [0.5, 0.6) is 17.2 Å². The van der Waals surface area contributed by atoms with Crippen LogP contribution >= 0.6 is 0 Å². The summed E-state index contributed by atoms with van der Waals surface area (Å²) in [5.74, 6) is -1.32. The maximum absolute atomic E-state index is 14.2. The van der Waals surface area contributed by atoms with Crippen molar-refractivity contribution in [3.63, 3.8) is 0 Å². The number of esters is 1. The van der Waals surface area contributed by atoms with Crippen molar-refractivity contribution in [2.75, 3.05) is 18.6 Å². The molecule has 6 rings (SSSR count). The Morgan fingerprint density at radius 3 is 2.52 bits per heavy atom. The number of rotatable bonds is 7. The summed E-state index contributed by atoms with van der Waals surface area (Å²) in [7, 11) is 1.41. The number of carbonyl (C=O) groups is 2. The van der Waals surface area contributed by atoms with Gasteiger partial charge in [-0.05, 0) is 74.7 Å². The summed E-state index contributed by atoms with van der Waals surface area (Å²) >= 11 is 0. The van der Waals surface area contributed by atoms with E-state index in [1.54, 1.807) is 25.1 Å². The largest absolute Gasteiger partial charge is 0.586 e. The number of fused-ring (bicyclic) bond motifs is 2. The van der Waals surface area contributed by atoms with E-state index in [0.717, 1.165) is 4.68 Å². The highest BCUT2D eigenvalue weighted by atomic mass is 19.4. The van der Waals surface area contributed by atoms with E-state index in [0.29, 0.717) is 12.8 Å². The minimum absolute atomic E-state index is 0.0173. The lowest BCUT2D eigenvalue weighted by molar-refractivity contribution is -0.286. The monoisotopic (exact) mass is 643 g/mol. The third-order valence-electron chi connectivity index (χ3n) is 7.53. The van der Waals surface area contributed by atoms with Gasteiger partial charge in [0.15, 0.2) is 17.2 Å². The molecule has 0 fully saturated rings. The van der Waals surface area contributed by atoms with E-state index in [1.807, 2.05) is 0 Å². The van der Waals surface area contributed by atoms with Gasteiger partial charge in [0.1, 0.15) is 11.9 Å². The van der Waals surface area contributed by atoms with Gasteiger partial charge in [0.05, 0.1) is 23.6 Å². The highest BCUT2D eigenvalue weighted by Crippen LogP contribution is 2.44. The number of amides is 1. The Kier molecular flexibility index (Phi) is 7.82. The molecular formula is C32H26F5N3O6. The fourth-order valence-corrected chi connectivity index (χ4v) is 5.48. The van der Waals surface area contributed by atoms with Crippen molar-refractivity contribution in [2.45, 2.75) is 44.8 Å². The molecule has 1 amide bonds. The van der Waals surface area contributed by atoms with Gasteiger partial charge in [-0.1, -0.05) is 12.1 Å². The van der Waals surface area contributed by atoms with Crippen LogP contribution in [0.3, 0.4) is 0 Å². The van der Waals surface area contributed by atoms with Crippen molar-refractivity contribution in [3.8, 4) is 22.9 Å². The Hall–Kier alpha value is -5.14. The van der Waals surface area contributed by atoms with Gasteiger partial charge in [-0.2, -0.15) is 18.3 Å². The molecular weight excluding hydrogens is 617 g/mol. The molecule has 1 unspecified atom stereocenters. The molecule has 0 bridgehead atoms. The van der Waals surface area contributed by atoms with Crippen LogP contribution < -0.4 is 19.1 Å². The molecule has 46 heavy (non-hydrogen) atoms. The van der Waals surface area contributed by atoms with Crippen LogP contribution in [-0.4, -0.2) is 41.6 Å². The van der Waals surface area contributed by atoms with Crippen LogP contribution in [-0.2, 0) is 17.3 Å². The first-order chi connectivity index (χ1) is 21.8. The van der Waals surface area contributed by atoms with Crippen molar-refractivity contribution in [1.29, 1.82) is 0 Å². The van der Waals surface area contributed by atoms with Crippen LogP contribution in [0.2, 0.25) is 0 Å². The second kappa shape index (κ2) is 11.7. The molecule has 1 aliphatic carbocycles. The number of benzene rings is 3. The first kappa shape index (κ1) is 30.9. The third kappa shape index (κ3) is 5.94. The van der Waals surface area contributed by atoms with Crippen LogP contribution in [0.1, 0.15) is 63.5 Å². The van der Waals surface area contributed by atoms with Gasteiger partial charge in [-0.15, -0.1) is 8.78 Å². The minimum Gasteiger partial charge on any atom is -0.484 e. The zero-order valence-corrected chi connectivity index (χ0v) is 24.4. The summed E-state index contributed by atoms with van der Waals surface area (Å²) in [6.07, 6.45) is -8.58. The number of anilines is 1. The smallest absolute Gasteiger partial charge is 0.484 e. The van der Waals surface area contributed by atoms with Crippen molar-refractivity contribution < 1.29 is 50.5 Å². The van der Waals surface area contributed by atoms with Crippen molar-refractivity contribution >= 4 is 17.6 Å². The van der Waals surface area contributed by atoms with Crippen LogP contribution in [0, 0.1) is 0 Å². The van der Waals surface area contributed by atoms with Crippen LogP contribution in [0.25, 0.3) is 5.69 Å². The molecule has 9 nitrogen and oxygen atoms in total. The molecule has 1 atom stereocenters. The summed E-state index contributed by atoms with van der Waals surface area (Å²) in [5, 5.41) is 3.96. The van der Waals surface area contributed by atoms with Crippen molar-refractivity contribution in [2.24, 2.45) is 0 Å². The number of ether oxygens (including phenoxy) is 4. The zero-order chi connectivity index (χ0) is 32.8. The SMILES string of the molecule is CCOC(=O)c1cccc(OC2CCCc3c(C(F)(F)F)nn(-c4cccc(C(=O)N(C)c5ccc6c(c5)OC(F)(F)O6)c4)c32)c1. The highest BCUT2D eigenvalue weighted by Gasteiger charge is 2.44. The summed E-state index contributed by atoms with van der Waals surface area (Å²) in [5.41, 5.74) is -0.187. The van der Waals surface area contributed by atoms with E-state index < -0.39 is 36.1 Å². The van der Waals surface area contributed by atoms with Crippen molar-refractivity contribution in [3.05, 3.63) is 94.8 Å². The molecule has 0 spiro atoms. The molecule has 14 heteroatoms. The molecule has 1 aliphatic heterocycles. The molecule has 1 aromatic heterocycles. The number of hydrogen-bond acceptors (Lipinski definition) is 7. The molecule has 0 saturated carbocycles. The second-order valence-corrected chi connectivity index (χ2v) is 10.6. The fourth-order valence-electron chi connectivity index (χ4n) is 5.48. The number of carbonyl (C=O) groups excluding carboxylic acids is 2. The van der Waals surface area contributed by atoms with E-state index in [1.165, 1.54) is 60.5 Å². The van der Waals surface area contributed by atoms with E-state index in [-0.39, 0.29) is 64.0 Å². The Morgan fingerprint density at radius 1 is 1.02 bits per heavy atom. The van der Waals surface area contributed by atoms with Gasteiger partial charge in [0.25, 0.3) is 5.91 Å². The third-order valence-corrected chi connectivity index (χ3v) is 7.53. The minimum atomic E-state index is -4.76. The topological polar surface area (TPSA) is 92.1 Å². The van der Waals surface area contributed by atoms with Crippen LogP contribution in [0.15, 0.2) is 66.7 Å². The molecule has 0 radical (unpaired) electrons. The molecule has 2 aliphatic rings. The molecule has 3 aromatic carbocycles. The van der Waals surface area contributed by atoms with E-state index >= 15 is 0 Å². The van der Waals surface area contributed by atoms with Crippen molar-refractivity contribution in [1.82, 2.24) is 9.78 Å².